The van der Waals surface area contributed by atoms with E-state index in [1.807, 2.05) is 25.1 Å². The van der Waals surface area contributed by atoms with Gasteiger partial charge in [-0.25, -0.2) is 9.59 Å². The fourth-order valence-corrected chi connectivity index (χ4v) is 4.12. The van der Waals surface area contributed by atoms with E-state index >= 15 is 0 Å². The quantitative estimate of drug-likeness (QED) is 0.626. The number of benzene rings is 2. The Morgan fingerprint density at radius 3 is 2.83 bits per heavy atom. The van der Waals surface area contributed by atoms with Gasteiger partial charge in [-0.3, -0.25) is 4.90 Å². The van der Waals surface area contributed by atoms with Crippen molar-refractivity contribution < 1.29 is 9.21 Å². The zero-order valence-corrected chi connectivity index (χ0v) is 17.2. The van der Waals surface area contributed by atoms with Crippen LogP contribution in [0, 0.1) is 12.8 Å². The summed E-state index contributed by atoms with van der Waals surface area (Å²) in [5, 5.41) is 6.69. The van der Waals surface area contributed by atoms with Gasteiger partial charge in [-0.05, 0) is 55.5 Å². The molecule has 30 heavy (non-hydrogen) atoms. The average Bonchev–Trinajstić information content (AvgIpc) is 2.73. The molecule has 1 aliphatic heterocycles. The van der Waals surface area contributed by atoms with Crippen molar-refractivity contribution in [1.29, 1.82) is 0 Å². The van der Waals surface area contributed by atoms with Crippen molar-refractivity contribution >= 4 is 22.7 Å². The van der Waals surface area contributed by atoms with Gasteiger partial charge in [0, 0.05) is 42.8 Å². The molecule has 6 heteroatoms. The summed E-state index contributed by atoms with van der Waals surface area (Å²) in [5.74, 6) is 0.436. The van der Waals surface area contributed by atoms with E-state index in [4.69, 9.17) is 4.42 Å². The Morgan fingerprint density at radius 1 is 1.17 bits per heavy atom. The first kappa shape index (κ1) is 20.2. The number of nitrogens with one attached hydrogen (secondary N) is 2. The number of aryl methyl sites for hydroxylation is 1. The first-order chi connectivity index (χ1) is 14.6. The van der Waals surface area contributed by atoms with Crippen molar-refractivity contribution in [2.75, 3.05) is 25.0 Å². The molecule has 3 aromatic rings. The predicted molar refractivity (Wildman–Crippen MR) is 119 cm³/mol. The SMILES string of the molecule is Cc1cc(=O)oc2cc(NC(=O)NCC3CCCN(Cc4ccccc4)C3)ccc12. The van der Waals surface area contributed by atoms with Gasteiger partial charge in [-0.1, -0.05) is 30.3 Å². The number of carbonyl (C=O) groups excluding carboxylic acids is 1. The van der Waals surface area contributed by atoms with Crippen LogP contribution in [0.4, 0.5) is 10.5 Å². The monoisotopic (exact) mass is 405 g/mol. The van der Waals surface area contributed by atoms with Crippen LogP contribution in [0.25, 0.3) is 11.0 Å². The first-order valence-corrected chi connectivity index (χ1v) is 10.4. The van der Waals surface area contributed by atoms with E-state index in [9.17, 15) is 9.59 Å². The molecule has 0 spiro atoms. The van der Waals surface area contributed by atoms with Crippen LogP contribution in [0.5, 0.6) is 0 Å². The zero-order valence-electron chi connectivity index (χ0n) is 17.2. The van der Waals surface area contributed by atoms with Crippen molar-refractivity contribution in [3.8, 4) is 0 Å². The van der Waals surface area contributed by atoms with Crippen LogP contribution in [0.2, 0.25) is 0 Å². The third-order valence-corrected chi connectivity index (χ3v) is 5.61. The standard InChI is InChI=1S/C24H27N3O3/c1-17-12-23(28)30-22-13-20(9-10-21(17)22)26-24(29)25-14-19-8-5-11-27(16-19)15-18-6-3-2-4-7-18/h2-4,6-7,9-10,12-13,19H,5,8,11,14-16H2,1H3,(H2,25,26,29). The fraction of sp³-hybridized carbons (Fsp3) is 0.333. The molecule has 156 valence electrons. The molecule has 1 aliphatic rings. The van der Waals surface area contributed by atoms with Crippen LogP contribution in [0.3, 0.4) is 0 Å². The number of carbonyl (C=O) groups is 1. The van der Waals surface area contributed by atoms with Crippen LogP contribution in [-0.2, 0) is 6.54 Å². The van der Waals surface area contributed by atoms with Crippen LogP contribution < -0.4 is 16.3 Å². The number of nitrogens with zero attached hydrogens (tertiary/aromatic N) is 1. The van der Waals surface area contributed by atoms with E-state index in [1.54, 1.807) is 6.07 Å². The summed E-state index contributed by atoms with van der Waals surface area (Å²) in [5.41, 5.74) is 2.86. The molecule has 1 saturated heterocycles. The summed E-state index contributed by atoms with van der Waals surface area (Å²) in [6.45, 7) is 5.53. The minimum absolute atomic E-state index is 0.246. The number of urea groups is 1. The van der Waals surface area contributed by atoms with Crippen molar-refractivity contribution in [3.05, 3.63) is 76.1 Å². The summed E-state index contributed by atoms with van der Waals surface area (Å²) in [4.78, 5) is 26.4. The second kappa shape index (κ2) is 9.13. The molecule has 1 fully saturated rings. The molecule has 1 aromatic heterocycles. The van der Waals surface area contributed by atoms with Gasteiger partial charge >= 0.3 is 11.7 Å². The van der Waals surface area contributed by atoms with Crippen molar-refractivity contribution in [2.24, 2.45) is 5.92 Å². The van der Waals surface area contributed by atoms with E-state index in [0.29, 0.717) is 23.7 Å². The Morgan fingerprint density at radius 2 is 2.00 bits per heavy atom. The maximum absolute atomic E-state index is 12.4. The number of likely N-dealkylation sites (tertiary alicyclic amines) is 1. The lowest BCUT2D eigenvalue weighted by atomic mass is 9.97. The molecule has 6 nitrogen and oxygen atoms in total. The van der Waals surface area contributed by atoms with Crippen molar-refractivity contribution in [2.45, 2.75) is 26.3 Å². The molecule has 2 amide bonds. The highest BCUT2D eigenvalue weighted by Gasteiger charge is 2.20. The normalized spacial score (nSPS) is 17.0. The summed E-state index contributed by atoms with van der Waals surface area (Å²) >= 11 is 0. The summed E-state index contributed by atoms with van der Waals surface area (Å²) in [6.07, 6.45) is 2.26. The number of rotatable bonds is 5. The van der Waals surface area contributed by atoms with E-state index < -0.39 is 0 Å². The Bertz CT molecular complexity index is 1080. The smallest absolute Gasteiger partial charge is 0.336 e. The van der Waals surface area contributed by atoms with E-state index in [0.717, 1.165) is 43.4 Å². The number of anilines is 1. The molecule has 2 aromatic carbocycles. The predicted octanol–water partition coefficient (Wildman–Crippen LogP) is 4.14. The highest BCUT2D eigenvalue weighted by atomic mass is 16.4. The largest absolute Gasteiger partial charge is 0.423 e. The molecule has 1 atom stereocenters. The van der Waals surface area contributed by atoms with Crippen LogP contribution in [0.1, 0.15) is 24.0 Å². The second-order valence-corrected chi connectivity index (χ2v) is 8.02. The third-order valence-electron chi connectivity index (χ3n) is 5.61. The van der Waals surface area contributed by atoms with Crippen molar-refractivity contribution in [3.63, 3.8) is 0 Å². The maximum atomic E-state index is 12.4. The lowest BCUT2D eigenvalue weighted by Crippen LogP contribution is -2.41. The maximum Gasteiger partial charge on any atom is 0.336 e. The molecule has 0 aliphatic carbocycles. The Hall–Kier alpha value is -3.12. The van der Waals surface area contributed by atoms with Gasteiger partial charge in [-0.2, -0.15) is 0 Å². The van der Waals surface area contributed by atoms with Crippen LogP contribution in [-0.4, -0.2) is 30.6 Å². The molecule has 1 unspecified atom stereocenters. The molecule has 0 bridgehead atoms. The number of hydrogen-bond acceptors (Lipinski definition) is 4. The fourth-order valence-electron chi connectivity index (χ4n) is 4.12. The molecule has 2 N–H and O–H groups in total. The summed E-state index contributed by atoms with van der Waals surface area (Å²) in [7, 11) is 0. The van der Waals surface area contributed by atoms with E-state index in [1.165, 1.54) is 11.6 Å². The first-order valence-electron chi connectivity index (χ1n) is 10.4. The third kappa shape index (κ3) is 5.07. The highest BCUT2D eigenvalue weighted by molar-refractivity contribution is 5.92. The zero-order chi connectivity index (χ0) is 20.9. The minimum atomic E-state index is -0.390. The summed E-state index contributed by atoms with van der Waals surface area (Å²) < 4.78 is 5.25. The molecular formula is C24H27N3O3. The van der Waals surface area contributed by atoms with E-state index in [-0.39, 0.29) is 11.7 Å². The highest BCUT2D eigenvalue weighted by Crippen LogP contribution is 2.21. The van der Waals surface area contributed by atoms with Crippen molar-refractivity contribution in [1.82, 2.24) is 10.2 Å². The number of fused-ring (bicyclic) bond motifs is 1. The van der Waals surface area contributed by atoms with Gasteiger partial charge in [0.25, 0.3) is 0 Å². The van der Waals surface area contributed by atoms with Gasteiger partial charge in [-0.15, -0.1) is 0 Å². The molecular weight excluding hydrogens is 378 g/mol. The van der Waals surface area contributed by atoms with E-state index in [2.05, 4.69) is 39.8 Å². The number of hydrogen-bond donors (Lipinski definition) is 2. The molecule has 2 heterocycles. The Kier molecular flexibility index (Phi) is 6.14. The second-order valence-electron chi connectivity index (χ2n) is 8.02. The lowest BCUT2D eigenvalue weighted by Gasteiger charge is -2.32. The van der Waals surface area contributed by atoms with Gasteiger partial charge < -0.3 is 15.1 Å². The van der Waals surface area contributed by atoms with Gasteiger partial charge in [0.05, 0.1) is 0 Å². The van der Waals surface area contributed by atoms with Gasteiger partial charge in [0.2, 0.25) is 0 Å². The lowest BCUT2D eigenvalue weighted by molar-refractivity contribution is 0.166. The Labute approximate surface area is 175 Å². The molecule has 0 saturated carbocycles. The Balaban J connectivity index is 1.30. The van der Waals surface area contributed by atoms with Crippen LogP contribution >= 0.6 is 0 Å². The summed E-state index contributed by atoms with van der Waals surface area (Å²) in [6, 6.07) is 17.1. The topological polar surface area (TPSA) is 74.6 Å². The minimum Gasteiger partial charge on any atom is -0.423 e. The van der Waals surface area contributed by atoms with Gasteiger partial charge in [0.15, 0.2) is 0 Å². The van der Waals surface area contributed by atoms with Crippen LogP contribution in [0.15, 0.2) is 63.8 Å². The number of amides is 2. The average molecular weight is 405 g/mol. The van der Waals surface area contributed by atoms with Gasteiger partial charge in [0.1, 0.15) is 5.58 Å². The molecule has 0 radical (unpaired) electrons. The number of piperidine rings is 1. The molecule has 4 rings (SSSR count).